The summed E-state index contributed by atoms with van der Waals surface area (Å²) in [6.45, 7) is 6.22. The molecule has 176 valence electrons. The molecule has 1 heterocycles. The van der Waals surface area contributed by atoms with Crippen LogP contribution in [0.1, 0.15) is 36.6 Å². The van der Waals surface area contributed by atoms with Crippen LogP contribution in [0.4, 0.5) is 5.69 Å². The Morgan fingerprint density at radius 2 is 1.79 bits per heavy atom. The van der Waals surface area contributed by atoms with Crippen LogP contribution < -0.4 is 9.64 Å². The predicted molar refractivity (Wildman–Crippen MR) is 129 cm³/mol. The van der Waals surface area contributed by atoms with E-state index in [2.05, 4.69) is 0 Å². The van der Waals surface area contributed by atoms with Crippen LogP contribution in [-0.2, 0) is 14.3 Å². The van der Waals surface area contributed by atoms with Crippen molar-refractivity contribution in [2.75, 3.05) is 39.3 Å². The Morgan fingerprint density at radius 3 is 2.36 bits per heavy atom. The van der Waals surface area contributed by atoms with E-state index < -0.39 is 17.7 Å². The fourth-order valence-electron chi connectivity index (χ4n) is 3.95. The zero-order valence-corrected chi connectivity index (χ0v) is 20.1. The maximum atomic E-state index is 13.2. The number of ketones is 1. The molecule has 1 aliphatic rings. The van der Waals surface area contributed by atoms with E-state index in [0.717, 1.165) is 16.8 Å². The van der Waals surface area contributed by atoms with Gasteiger partial charge in [-0.05, 0) is 50.6 Å². The van der Waals surface area contributed by atoms with Crippen LogP contribution in [0, 0.1) is 6.92 Å². The minimum absolute atomic E-state index is 0.00352. The van der Waals surface area contributed by atoms with E-state index >= 15 is 0 Å². The fourth-order valence-corrected chi connectivity index (χ4v) is 3.95. The summed E-state index contributed by atoms with van der Waals surface area (Å²) in [7, 11) is 5.38. The van der Waals surface area contributed by atoms with Gasteiger partial charge in [0.05, 0.1) is 37.0 Å². The van der Waals surface area contributed by atoms with Gasteiger partial charge in [-0.1, -0.05) is 23.8 Å². The minimum Gasteiger partial charge on any atom is -0.507 e. The number of aliphatic hydroxyl groups excluding tert-OH is 1. The molecule has 1 saturated heterocycles. The maximum absolute atomic E-state index is 13.2. The van der Waals surface area contributed by atoms with Gasteiger partial charge >= 0.3 is 0 Å². The molecule has 1 atom stereocenters. The number of hydrogen-bond acceptors (Lipinski definition) is 6. The highest BCUT2D eigenvalue weighted by molar-refractivity contribution is 6.46. The van der Waals surface area contributed by atoms with E-state index in [4.69, 9.17) is 9.47 Å². The zero-order chi connectivity index (χ0) is 24.3. The van der Waals surface area contributed by atoms with E-state index in [-0.39, 0.29) is 30.6 Å². The SMILES string of the molecule is COc1ccc(C)cc1/C(O)=C1\C(=O)C(=O)N(CCOC(C)C)C1c1ccc(N(C)C)cc1. The number of hydrogen-bond donors (Lipinski definition) is 1. The number of ether oxygens (including phenoxy) is 2. The molecule has 7 heteroatoms. The summed E-state index contributed by atoms with van der Waals surface area (Å²) in [5, 5.41) is 11.3. The number of likely N-dealkylation sites (tertiary alicyclic amines) is 1. The number of nitrogens with zero attached hydrogens (tertiary/aromatic N) is 2. The third kappa shape index (κ3) is 5.03. The van der Waals surface area contributed by atoms with Crippen molar-refractivity contribution in [2.45, 2.75) is 32.9 Å². The molecule has 1 fully saturated rings. The summed E-state index contributed by atoms with van der Waals surface area (Å²) >= 11 is 0. The first-order valence-corrected chi connectivity index (χ1v) is 11.0. The van der Waals surface area contributed by atoms with Crippen LogP contribution >= 0.6 is 0 Å². The summed E-state index contributed by atoms with van der Waals surface area (Å²) < 4.78 is 11.1. The molecule has 3 rings (SSSR count). The van der Waals surface area contributed by atoms with E-state index in [0.29, 0.717) is 11.3 Å². The van der Waals surface area contributed by atoms with Crippen LogP contribution in [0.15, 0.2) is 48.0 Å². The Balaban J connectivity index is 2.15. The Hall–Kier alpha value is -3.32. The van der Waals surface area contributed by atoms with Crippen molar-refractivity contribution in [3.05, 3.63) is 64.7 Å². The van der Waals surface area contributed by atoms with Crippen molar-refractivity contribution in [3.63, 3.8) is 0 Å². The molecule has 0 spiro atoms. The minimum atomic E-state index is -0.734. The third-order valence-corrected chi connectivity index (χ3v) is 5.66. The Kier molecular flexibility index (Phi) is 7.43. The summed E-state index contributed by atoms with van der Waals surface area (Å²) in [6, 6.07) is 12.2. The molecule has 2 aromatic carbocycles. The number of carbonyl (C=O) groups excluding carboxylic acids is 2. The van der Waals surface area contributed by atoms with Gasteiger partial charge in [-0.15, -0.1) is 0 Å². The Morgan fingerprint density at radius 1 is 1.12 bits per heavy atom. The van der Waals surface area contributed by atoms with Crippen LogP contribution in [0.2, 0.25) is 0 Å². The first-order valence-electron chi connectivity index (χ1n) is 11.0. The average molecular weight is 453 g/mol. The molecule has 0 saturated carbocycles. The molecule has 2 aromatic rings. The topological polar surface area (TPSA) is 79.3 Å². The molecule has 0 radical (unpaired) electrons. The second-order valence-electron chi connectivity index (χ2n) is 8.60. The smallest absolute Gasteiger partial charge is 0.295 e. The number of amides is 1. The van der Waals surface area contributed by atoms with Gasteiger partial charge in [0.1, 0.15) is 11.5 Å². The van der Waals surface area contributed by atoms with Crippen LogP contribution in [-0.4, -0.2) is 62.2 Å². The molecule has 33 heavy (non-hydrogen) atoms. The highest BCUT2D eigenvalue weighted by atomic mass is 16.5. The monoisotopic (exact) mass is 452 g/mol. The lowest BCUT2D eigenvalue weighted by molar-refractivity contribution is -0.140. The van der Waals surface area contributed by atoms with Gasteiger partial charge in [0.25, 0.3) is 11.7 Å². The standard InChI is InChI=1S/C26H32N2O5/c1-16(2)33-14-13-28-23(18-8-10-19(11-9-18)27(4)5)22(25(30)26(28)31)24(29)20-15-17(3)7-12-21(20)32-6/h7-12,15-16,23,29H,13-14H2,1-6H3/b24-22+. The second kappa shape index (κ2) is 10.1. The molecule has 0 aromatic heterocycles. The van der Waals surface area contributed by atoms with E-state index in [1.165, 1.54) is 12.0 Å². The molecule has 0 aliphatic carbocycles. The molecule has 0 bridgehead atoms. The lowest BCUT2D eigenvalue weighted by Gasteiger charge is -2.26. The van der Waals surface area contributed by atoms with E-state index in [1.54, 1.807) is 12.1 Å². The molecule has 7 nitrogen and oxygen atoms in total. The molecule has 1 N–H and O–H groups in total. The van der Waals surface area contributed by atoms with Gasteiger partial charge in [-0.2, -0.15) is 0 Å². The van der Waals surface area contributed by atoms with Crippen LogP contribution in [0.5, 0.6) is 5.75 Å². The van der Waals surface area contributed by atoms with Crippen molar-refractivity contribution in [2.24, 2.45) is 0 Å². The van der Waals surface area contributed by atoms with Gasteiger partial charge in [-0.25, -0.2) is 0 Å². The van der Waals surface area contributed by atoms with Crippen molar-refractivity contribution >= 4 is 23.1 Å². The molecule has 1 amide bonds. The van der Waals surface area contributed by atoms with Gasteiger partial charge in [-0.3, -0.25) is 9.59 Å². The summed E-state index contributed by atoms with van der Waals surface area (Å²) in [5.41, 5.74) is 3.04. The first-order chi connectivity index (χ1) is 15.6. The third-order valence-electron chi connectivity index (χ3n) is 5.66. The van der Waals surface area contributed by atoms with E-state index in [9.17, 15) is 14.7 Å². The average Bonchev–Trinajstić information content (AvgIpc) is 3.03. The summed E-state index contributed by atoms with van der Waals surface area (Å²) in [4.78, 5) is 29.7. The number of carbonyl (C=O) groups is 2. The number of methoxy groups -OCH3 is 1. The molecule has 1 aliphatic heterocycles. The second-order valence-corrected chi connectivity index (χ2v) is 8.60. The number of aryl methyl sites for hydroxylation is 1. The van der Waals surface area contributed by atoms with Crippen molar-refractivity contribution < 1.29 is 24.2 Å². The number of anilines is 1. The largest absolute Gasteiger partial charge is 0.507 e. The zero-order valence-electron chi connectivity index (χ0n) is 20.1. The fraction of sp³-hybridized carbons (Fsp3) is 0.385. The Bertz CT molecular complexity index is 1060. The molecule has 1 unspecified atom stereocenters. The molecular formula is C26H32N2O5. The lowest BCUT2D eigenvalue weighted by atomic mass is 9.94. The number of Topliss-reactive ketones (excluding diaryl/α,β-unsaturated/α-hetero) is 1. The summed E-state index contributed by atoms with van der Waals surface area (Å²) in [6.07, 6.45) is -0.00352. The Labute approximate surface area is 195 Å². The highest BCUT2D eigenvalue weighted by Gasteiger charge is 2.46. The summed E-state index contributed by atoms with van der Waals surface area (Å²) in [5.74, 6) is -1.20. The van der Waals surface area contributed by atoms with Gasteiger partial charge in [0.15, 0.2) is 0 Å². The van der Waals surface area contributed by atoms with Crippen molar-refractivity contribution in [1.29, 1.82) is 0 Å². The van der Waals surface area contributed by atoms with Gasteiger partial charge < -0.3 is 24.4 Å². The quantitative estimate of drug-likeness (QED) is 0.372. The van der Waals surface area contributed by atoms with Crippen molar-refractivity contribution in [3.8, 4) is 5.75 Å². The van der Waals surface area contributed by atoms with Crippen LogP contribution in [0.3, 0.4) is 0 Å². The highest BCUT2D eigenvalue weighted by Crippen LogP contribution is 2.41. The maximum Gasteiger partial charge on any atom is 0.295 e. The van der Waals surface area contributed by atoms with Gasteiger partial charge in [0.2, 0.25) is 0 Å². The first kappa shape index (κ1) is 24.3. The van der Waals surface area contributed by atoms with Crippen molar-refractivity contribution in [1.82, 2.24) is 4.90 Å². The van der Waals surface area contributed by atoms with Crippen LogP contribution in [0.25, 0.3) is 5.76 Å². The predicted octanol–water partition coefficient (Wildman–Crippen LogP) is 3.92. The number of aliphatic hydroxyl groups is 1. The van der Waals surface area contributed by atoms with Gasteiger partial charge in [0, 0.05) is 26.3 Å². The number of benzene rings is 2. The number of rotatable bonds is 8. The van der Waals surface area contributed by atoms with E-state index in [1.807, 2.05) is 70.1 Å². The lowest BCUT2D eigenvalue weighted by Crippen LogP contribution is -2.33. The molecular weight excluding hydrogens is 420 g/mol. The normalized spacial score (nSPS) is 17.7.